The van der Waals surface area contributed by atoms with Gasteiger partial charge in [-0.15, -0.1) is 0 Å². The maximum atomic E-state index is 16.5. The van der Waals surface area contributed by atoms with E-state index >= 15 is 8.78 Å². The predicted octanol–water partition coefficient (Wildman–Crippen LogP) is 5.61. The van der Waals surface area contributed by atoms with Gasteiger partial charge in [0, 0.05) is 43.5 Å². The van der Waals surface area contributed by atoms with Gasteiger partial charge in [0.1, 0.15) is 23.0 Å². The molecule has 2 saturated carbocycles. The van der Waals surface area contributed by atoms with Gasteiger partial charge in [0.15, 0.2) is 5.82 Å². The fraction of sp³-hybridized carbons (Fsp3) is 0.581. The second-order valence-electron chi connectivity index (χ2n) is 13.0. The molecule has 0 spiro atoms. The number of halogens is 5. The zero-order valence-electron chi connectivity index (χ0n) is 24.5. The molecular weight excluding hydrogens is 583 g/mol. The molecule has 2 atom stereocenters. The zero-order chi connectivity index (χ0) is 30.8. The Labute approximate surface area is 251 Å². The van der Waals surface area contributed by atoms with Gasteiger partial charge >= 0.3 is 12.2 Å². The van der Waals surface area contributed by atoms with Crippen LogP contribution in [0.25, 0.3) is 22.2 Å². The number of hydrogen-bond donors (Lipinski definition) is 1. The monoisotopic (exact) mass is 618 g/mol. The van der Waals surface area contributed by atoms with Gasteiger partial charge in [0.25, 0.3) is 0 Å². The molecule has 2 N–H and O–H groups in total. The number of alkyl halides is 3. The third-order valence-corrected chi connectivity index (χ3v) is 9.63. The molecule has 0 amide bonds. The number of pyridine rings is 1. The van der Waals surface area contributed by atoms with Crippen LogP contribution in [0.5, 0.6) is 6.01 Å². The lowest BCUT2D eigenvalue weighted by atomic mass is 9.97. The minimum atomic E-state index is -4.93. The van der Waals surface area contributed by atoms with Gasteiger partial charge in [0.2, 0.25) is 0 Å². The van der Waals surface area contributed by atoms with E-state index in [1.54, 1.807) is 0 Å². The summed E-state index contributed by atoms with van der Waals surface area (Å²) in [5, 5.41) is 0.0843. The number of hydrogen-bond acceptors (Lipinski definition) is 8. The van der Waals surface area contributed by atoms with E-state index < -0.39 is 34.6 Å². The molecule has 2 aliphatic heterocycles. The van der Waals surface area contributed by atoms with Gasteiger partial charge in [-0.3, -0.25) is 4.90 Å². The van der Waals surface area contributed by atoms with Crippen LogP contribution in [-0.2, 0) is 10.9 Å². The lowest BCUT2D eigenvalue weighted by molar-refractivity contribution is -0.137. The highest BCUT2D eigenvalue weighted by Crippen LogP contribution is 2.47. The van der Waals surface area contributed by atoms with Crippen molar-refractivity contribution in [3.63, 3.8) is 0 Å². The summed E-state index contributed by atoms with van der Waals surface area (Å²) in [6, 6.07) is 1.97. The number of morpholine rings is 1. The summed E-state index contributed by atoms with van der Waals surface area (Å²) < 4.78 is 86.4. The number of anilines is 2. The SMILES string of the molecule is Cc1cc(N)nc(-c2c(F)cc3c(N4CC5CCC(C5)C4)nc(OCC4(CN5CCOCC5)CC4)nc3c2F)c1C(F)(F)F. The average molecular weight is 619 g/mol. The molecule has 2 aromatic heterocycles. The van der Waals surface area contributed by atoms with E-state index in [9.17, 15) is 13.2 Å². The molecule has 2 aliphatic carbocycles. The van der Waals surface area contributed by atoms with Gasteiger partial charge < -0.3 is 20.1 Å². The summed E-state index contributed by atoms with van der Waals surface area (Å²) in [5.74, 6) is -1.53. The van der Waals surface area contributed by atoms with Crippen LogP contribution in [0.1, 0.15) is 43.2 Å². The van der Waals surface area contributed by atoms with Crippen molar-refractivity contribution < 1.29 is 31.4 Å². The Hall–Kier alpha value is -3.32. The molecule has 2 saturated heterocycles. The summed E-state index contributed by atoms with van der Waals surface area (Å²) in [6.07, 6.45) is 0.247. The summed E-state index contributed by atoms with van der Waals surface area (Å²) in [6.45, 7) is 6.71. The van der Waals surface area contributed by atoms with Crippen LogP contribution in [-0.4, -0.2) is 72.4 Å². The van der Waals surface area contributed by atoms with Crippen molar-refractivity contribution in [2.45, 2.75) is 45.2 Å². The van der Waals surface area contributed by atoms with Crippen molar-refractivity contribution in [2.24, 2.45) is 17.3 Å². The minimum absolute atomic E-state index is 0.0807. The van der Waals surface area contributed by atoms with Gasteiger partial charge in [-0.05, 0) is 68.6 Å². The van der Waals surface area contributed by atoms with Crippen molar-refractivity contribution in [3.05, 3.63) is 34.9 Å². The lowest BCUT2D eigenvalue weighted by Gasteiger charge is -2.33. The Morgan fingerprint density at radius 3 is 2.41 bits per heavy atom. The number of fused-ring (bicyclic) bond motifs is 3. The van der Waals surface area contributed by atoms with Crippen molar-refractivity contribution in [3.8, 4) is 17.3 Å². The summed E-state index contributed by atoms with van der Waals surface area (Å²) in [7, 11) is 0. The van der Waals surface area contributed by atoms with Gasteiger partial charge in [-0.2, -0.15) is 23.1 Å². The third-order valence-electron chi connectivity index (χ3n) is 9.63. The predicted molar refractivity (Wildman–Crippen MR) is 154 cm³/mol. The van der Waals surface area contributed by atoms with Crippen molar-refractivity contribution >= 4 is 22.5 Å². The molecule has 2 bridgehead atoms. The van der Waals surface area contributed by atoms with Crippen LogP contribution in [0.2, 0.25) is 0 Å². The van der Waals surface area contributed by atoms with Crippen LogP contribution in [0.15, 0.2) is 12.1 Å². The molecule has 13 heteroatoms. The Balaban J connectivity index is 1.32. The second kappa shape index (κ2) is 10.9. The standard InChI is InChI=1S/C31H35F5N6O2/c1-17-10-22(37)38-27(24(17)31(34,35)36)23-21(32)12-20-26(25(23)33)39-29(40-28(20)42-13-18-2-3-19(11-18)14-42)44-16-30(4-5-30)15-41-6-8-43-9-7-41/h10,12,18-19H,2-9,11,13-16H2,1H3,(H2,37,38). The number of nitrogens with zero attached hydrogens (tertiary/aromatic N) is 5. The van der Waals surface area contributed by atoms with Crippen LogP contribution >= 0.6 is 0 Å². The molecule has 4 heterocycles. The molecule has 0 radical (unpaired) electrons. The largest absolute Gasteiger partial charge is 0.463 e. The second-order valence-corrected chi connectivity index (χ2v) is 13.0. The zero-order valence-corrected chi connectivity index (χ0v) is 24.5. The lowest BCUT2D eigenvalue weighted by Crippen LogP contribution is -2.41. The Morgan fingerprint density at radius 2 is 1.75 bits per heavy atom. The number of aryl methyl sites for hydroxylation is 1. The van der Waals surface area contributed by atoms with Gasteiger partial charge in [0.05, 0.1) is 36.6 Å². The van der Waals surface area contributed by atoms with Crippen LogP contribution < -0.4 is 15.4 Å². The fourth-order valence-electron chi connectivity index (χ4n) is 7.28. The first-order valence-electron chi connectivity index (χ1n) is 15.2. The van der Waals surface area contributed by atoms with E-state index in [1.807, 2.05) is 4.90 Å². The molecule has 7 rings (SSSR count). The van der Waals surface area contributed by atoms with E-state index in [0.29, 0.717) is 50.6 Å². The number of benzene rings is 1. The van der Waals surface area contributed by atoms with Gasteiger partial charge in [-0.1, -0.05) is 0 Å². The molecule has 3 aromatic rings. The normalized spacial score (nSPS) is 23.4. The maximum absolute atomic E-state index is 16.5. The third kappa shape index (κ3) is 5.53. The molecule has 4 aliphatic rings. The highest BCUT2D eigenvalue weighted by atomic mass is 19.4. The minimum Gasteiger partial charge on any atom is -0.463 e. The Morgan fingerprint density at radius 1 is 1.05 bits per heavy atom. The first kappa shape index (κ1) is 29.4. The highest BCUT2D eigenvalue weighted by Gasteiger charge is 2.45. The first-order chi connectivity index (χ1) is 21.0. The van der Waals surface area contributed by atoms with E-state index in [0.717, 1.165) is 63.9 Å². The van der Waals surface area contributed by atoms with Crippen molar-refractivity contribution in [2.75, 3.05) is 63.2 Å². The van der Waals surface area contributed by atoms with E-state index in [-0.39, 0.29) is 33.7 Å². The molecular formula is C31H35F5N6O2. The fourth-order valence-corrected chi connectivity index (χ4v) is 7.28. The van der Waals surface area contributed by atoms with Crippen LogP contribution in [0.4, 0.5) is 33.6 Å². The van der Waals surface area contributed by atoms with E-state index in [1.165, 1.54) is 6.92 Å². The molecule has 44 heavy (non-hydrogen) atoms. The highest BCUT2D eigenvalue weighted by molar-refractivity contribution is 5.94. The average Bonchev–Trinajstić information content (AvgIpc) is 3.65. The number of rotatable bonds is 7. The number of nitrogens with two attached hydrogens (primary N) is 1. The Kier molecular flexibility index (Phi) is 7.31. The van der Waals surface area contributed by atoms with E-state index in [2.05, 4.69) is 19.9 Å². The molecule has 236 valence electrons. The quantitative estimate of drug-likeness (QED) is 0.342. The Bertz CT molecular complexity index is 1580. The first-order valence-corrected chi connectivity index (χ1v) is 15.2. The number of nitrogen functional groups attached to an aromatic ring is 1. The number of ether oxygens (including phenoxy) is 2. The molecule has 8 nitrogen and oxygen atoms in total. The molecule has 4 fully saturated rings. The number of aromatic nitrogens is 3. The summed E-state index contributed by atoms with van der Waals surface area (Å²) >= 11 is 0. The van der Waals surface area contributed by atoms with Crippen molar-refractivity contribution in [1.82, 2.24) is 19.9 Å². The maximum Gasteiger partial charge on any atom is 0.418 e. The van der Waals surface area contributed by atoms with Crippen LogP contribution in [0, 0.1) is 35.8 Å². The van der Waals surface area contributed by atoms with Gasteiger partial charge in [-0.25, -0.2) is 13.8 Å². The molecule has 1 aromatic carbocycles. The number of piperidine rings is 1. The smallest absolute Gasteiger partial charge is 0.418 e. The topological polar surface area (TPSA) is 89.6 Å². The molecule has 2 unspecified atom stereocenters. The summed E-state index contributed by atoms with van der Waals surface area (Å²) in [4.78, 5) is 17.2. The van der Waals surface area contributed by atoms with E-state index in [4.69, 9.17) is 15.2 Å². The van der Waals surface area contributed by atoms with Crippen LogP contribution in [0.3, 0.4) is 0 Å². The van der Waals surface area contributed by atoms with Crippen molar-refractivity contribution in [1.29, 1.82) is 0 Å². The summed E-state index contributed by atoms with van der Waals surface area (Å²) in [5.41, 5.74) is 1.99.